The SMILES string of the molecule is Cc1ccc(-c2c(P)ccc(C3CCCCC3)c2C2CCCCC2)cc1. The summed E-state index contributed by atoms with van der Waals surface area (Å²) < 4.78 is 0. The van der Waals surface area contributed by atoms with Crippen molar-refractivity contribution in [2.24, 2.45) is 0 Å². The van der Waals surface area contributed by atoms with Crippen LogP contribution in [0.2, 0.25) is 0 Å². The maximum Gasteiger partial charge on any atom is -0.00745 e. The van der Waals surface area contributed by atoms with Gasteiger partial charge in [-0.15, -0.1) is 9.24 Å². The van der Waals surface area contributed by atoms with Gasteiger partial charge in [-0.2, -0.15) is 0 Å². The van der Waals surface area contributed by atoms with Gasteiger partial charge in [0.05, 0.1) is 0 Å². The van der Waals surface area contributed by atoms with E-state index in [1.807, 2.05) is 0 Å². The van der Waals surface area contributed by atoms with Crippen LogP contribution < -0.4 is 5.30 Å². The lowest BCUT2D eigenvalue weighted by atomic mass is 9.73. The lowest BCUT2D eigenvalue weighted by Gasteiger charge is -2.32. The Morgan fingerprint density at radius 3 is 1.88 bits per heavy atom. The van der Waals surface area contributed by atoms with Gasteiger partial charge >= 0.3 is 0 Å². The standard InChI is InChI=1S/C25H33P/c1-18-12-14-21(15-13-18)25-23(26)17-16-22(19-8-4-2-5-9-19)24(25)20-10-6-3-7-11-20/h12-17,19-20H,2-11,26H2,1H3. The Bertz CT molecular complexity index is 731. The highest BCUT2D eigenvalue weighted by molar-refractivity contribution is 7.28. The summed E-state index contributed by atoms with van der Waals surface area (Å²) in [6.45, 7) is 2.19. The number of benzene rings is 2. The van der Waals surface area contributed by atoms with E-state index in [4.69, 9.17) is 0 Å². The molecule has 2 aromatic carbocycles. The number of hydrogen-bond donors (Lipinski definition) is 0. The molecule has 0 radical (unpaired) electrons. The second kappa shape index (κ2) is 8.26. The van der Waals surface area contributed by atoms with E-state index in [1.54, 1.807) is 11.1 Å². The molecular formula is C25H33P. The molecule has 138 valence electrons. The van der Waals surface area contributed by atoms with Gasteiger partial charge in [-0.1, -0.05) is 80.5 Å². The number of hydrogen-bond acceptors (Lipinski definition) is 0. The summed E-state index contributed by atoms with van der Waals surface area (Å²) >= 11 is 0. The number of rotatable bonds is 3. The third-order valence-corrected chi connectivity index (χ3v) is 7.19. The van der Waals surface area contributed by atoms with Crippen LogP contribution in [0.15, 0.2) is 36.4 Å². The van der Waals surface area contributed by atoms with Gasteiger partial charge in [-0.05, 0) is 72.0 Å². The van der Waals surface area contributed by atoms with Gasteiger partial charge in [-0.3, -0.25) is 0 Å². The van der Waals surface area contributed by atoms with E-state index in [9.17, 15) is 0 Å². The molecule has 26 heavy (non-hydrogen) atoms. The van der Waals surface area contributed by atoms with Crippen LogP contribution in [0.3, 0.4) is 0 Å². The first-order valence-corrected chi connectivity index (χ1v) is 11.3. The summed E-state index contributed by atoms with van der Waals surface area (Å²) in [7, 11) is 3.04. The summed E-state index contributed by atoms with van der Waals surface area (Å²) in [6.07, 6.45) is 14.0. The molecule has 0 aliphatic heterocycles. The molecule has 2 fully saturated rings. The molecular weight excluding hydrogens is 331 g/mol. The van der Waals surface area contributed by atoms with Crippen LogP contribution in [-0.4, -0.2) is 0 Å². The van der Waals surface area contributed by atoms with Gasteiger partial charge in [0.25, 0.3) is 0 Å². The quantitative estimate of drug-likeness (QED) is 0.503. The monoisotopic (exact) mass is 364 g/mol. The lowest BCUT2D eigenvalue weighted by molar-refractivity contribution is 0.419. The summed E-state index contributed by atoms with van der Waals surface area (Å²) in [5.41, 5.74) is 7.71. The molecule has 1 atom stereocenters. The molecule has 2 aromatic rings. The summed E-state index contributed by atoms with van der Waals surface area (Å²) in [5, 5.41) is 1.38. The van der Waals surface area contributed by atoms with Crippen LogP contribution in [-0.2, 0) is 0 Å². The normalized spacial score (nSPS) is 19.6. The zero-order chi connectivity index (χ0) is 17.9. The van der Waals surface area contributed by atoms with Crippen LogP contribution in [0, 0.1) is 6.92 Å². The molecule has 0 spiro atoms. The molecule has 0 N–H and O–H groups in total. The molecule has 0 heterocycles. The first-order chi connectivity index (χ1) is 12.7. The molecule has 1 heteroatoms. The van der Waals surface area contributed by atoms with Gasteiger partial charge in [0, 0.05) is 0 Å². The van der Waals surface area contributed by atoms with E-state index in [1.165, 1.54) is 86.2 Å². The first-order valence-electron chi connectivity index (χ1n) is 10.7. The van der Waals surface area contributed by atoms with Gasteiger partial charge in [0.15, 0.2) is 0 Å². The minimum atomic E-state index is 0.762. The Balaban J connectivity index is 1.86. The minimum absolute atomic E-state index is 0.762. The fraction of sp³-hybridized carbons (Fsp3) is 0.520. The van der Waals surface area contributed by atoms with Crippen LogP contribution in [0.4, 0.5) is 0 Å². The van der Waals surface area contributed by atoms with Crippen molar-refractivity contribution in [3.8, 4) is 11.1 Å². The highest BCUT2D eigenvalue weighted by atomic mass is 31.0. The molecule has 0 aromatic heterocycles. The highest BCUT2D eigenvalue weighted by Gasteiger charge is 2.27. The third kappa shape index (κ3) is 3.77. The van der Waals surface area contributed by atoms with Gasteiger partial charge in [0.1, 0.15) is 0 Å². The molecule has 2 aliphatic rings. The predicted octanol–water partition coefficient (Wildman–Crippen LogP) is 7.26. The third-order valence-electron chi connectivity index (χ3n) is 6.71. The van der Waals surface area contributed by atoms with Crippen molar-refractivity contribution in [3.63, 3.8) is 0 Å². The second-order valence-electron chi connectivity index (χ2n) is 8.57. The first kappa shape index (κ1) is 18.2. The molecule has 1 unspecified atom stereocenters. The van der Waals surface area contributed by atoms with E-state index >= 15 is 0 Å². The van der Waals surface area contributed by atoms with E-state index < -0.39 is 0 Å². The van der Waals surface area contributed by atoms with Crippen molar-refractivity contribution < 1.29 is 0 Å². The molecule has 2 saturated carbocycles. The Labute approximate surface area is 162 Å². The summed E-state index contributed by atoms with van der Waals surface area (Å²) in [4.78, 5) is 0. The van der Waals surface area contributed by atoms with Crippen molar-refractivity contribution in [1.82, 2.24) is 0 Å². The van der Waals surface area contributed by atoms with Crippen LogP contribution in [0.5, 0.6) is 0 Å². The average molecular weight is 365 g/mol. The van der Waals surface area contributed by atoms with E-state index in [0.717, 1.165) is 11.8 Å². The molecule has 0 nitrogen and oxygen atoms in total. The maximum absolute atomic E-state index is 3.04. The van der Waals surface area contributed by atoms with E-state index in [2.05, 4.69) is 52.6 Å². The Kier molecular flexibility index (Phi) is 5.80. The average Bonchev–Trinajstić information content (AvgIpc) is 2.70. The predicted molar refractivity (Wildman–Crippen MR) is 118 cm³/mol. The van der Waals surface area contributed by atoms with Gasteiger partial charge in [-0.25, -0.2) is 0 Å². The molecule has 0 bridgehead atoms. The van der Waals surface area contributed by atoms with Crippen LogP contribution >= 0.6 is 9.24 Å². The minimum Gasteiger partial charge on any atom is -0.105 e. The van der Waals surface area contributed by atoms with E-state index in [-0.39, 0.29) is 0 Å². The zero-order valence-electron chi connectivity index (χ0n) is 16.3. The van der Waals surface area contributed by atoms with Gasteiger partial charge < -0.3 is 0 Å². The van der Waals surface area contributed by atoms with E-state index in [0.29, 0.717) is 0 Å². The topological polar surface area (TPSA) is 0 Å². The molecule has 0 amide bonds. The Morgan fingerprint density at radius 2 is 1.27 bits per heavy atom. The zero-order valence-corrected chi connectivity index (χ0v) is 17.4. The van der Waals surface area contributed by atoms with Crippen molar-refractivity contribution in [1.29, 1.82) is 0 Å². The summed E-state index contributed by atoms with van der Waals surface area (Å²) in [5.74, 6) is 1.55. The molecule has 4 rings (SSSR count). The molecule has 0 saturated heterocycles. The van der Waals surface area contributed by atoms with Crippen molar-refractivity contribution in [3.05, 3.63) is 53.1 Å². The number of aryl methyl sites for hydroxylation is 1. The summed E-state index contributed by atoms with van der Waals surface area (Å²) in [6, 6.07) is 14.1. The highest BCUT2D eigenvalue weighted by Crippen LogP contribution is 2.44. The van der Waals surface area contributed by atoms with Crippen molar-refractivity contribution >= 4 is 14.5 Å². The van der Waals surface area contributed by atoms with Crippen LogP contribution in [0.25, 0.3) is 11.1 Å². The second-order valence-corrected chi connectivity index (χ2v) is 9.19. The fourth-order valence-electron chi connectivity index (χ4n) is 5.30. The molecule has 2 aliphatic carbocycles. The largest absolute Gasteiger partial charge is 0.105 e. The van der Waals surface area contributed by atoms with Crippen molar-refractivity contribution in [2.45, 2.75) is 83.0 Å². The smallest absolute Gasteiger partial charge is 0.00745 e. The van der Waals surface area contributed by atoms with Crippen LogP contribution in [0.1, 0.15) is 92.7 Å². The lowest BCUT2D eigenvalue weighted by Crippen LogP contribution is -2.16. The van der Waals surface area contributed by atoms with Gasteiger partial charge in [0.2, 0.25) is 0 Å². The fourth-order valence-corrected chi connectivity index (χ4v) is 5.71. The Hall–Kier alpha value is -1.13. The maximum atomic E-state index is 3.04. The van der Waals surface area contributed by atoms with Crippen molar-refractivity contribution in [2.75, 3.05) is 0 Å². The Morgan fingerprint density at radius 1 is 0.692 bits per heavy atom.